The summed E-state index contributed by atoms with van der Waals surface area (Å²) in [7, 11) is 0. The molecule has 6 nitrogen and oxygen atoms in total. The minimum Gasteiger partial charge on any atom is -0.480 e. The van der Waals surface area contributed by atoms with Gasteiger partial charge >= 0.3 is 12.0 Å². The number of hydrogen-bond acceptors (Lipinski definition) is 3. The number of aliphatic carboxylic acids is 1. The van der Waals surface area contributed by atoms with Crippen LogP contribution in [0.5, 0.6) is 0 Å². The maximum Gasteiger partial charge on any atom is 0.360 e. The fourth-order valence-electron chi connectivity index (χ4n) is 2.17. The van der Waals surface area contributed by atoms with Crippen molar-refractivity contribution in [2.45, 2.75) is 26.3 Å². The third-order valence-corrected chi connectivity index (χ3v) is 3.70. The van der Waals surface area contributed by atoms with Gasteiger partial charge in [-0.05, 0) is 36.6 Å². The second-order valence-corrected chi connectivity index (χ2v) is 5.45. The lowest BCUT2D eigenvalue weighted by Gasteiger charge is -2.12. The Hall–Kier alpha value is -3.02. The Bertz CT molecular complexity index is 757. The number of carboxylic acid groups (broad SMARTS) is 1. The van der Waals surface area contributed by atoms with Crippen molar-refractivity contribution in [1.82, 2.24) is 5.32 Å². The number of aryl methyl sites for hydroxylation is 1. The zero-order valence-corrected chi connectivity index (χ0v) is 13.6. The van der Waals surface area contributed by atoms with E-state index in [2.05, 4.69) is 15.5 Å². The van der Waals surface area contributed by atoms with E-state index in [1.165, 1.54) is 0 Å². The Labute approximate surface area is 140 Å². The largest absolute Gasteiger partial charge is 0.480 e. The quantitative estimate of drug-likeness (QED) is 0.819. The Kier molecular flexibility index (Phi) is 5.78. The zero-order chi connectivity index (χ0) is 17.5. The highest BCUT2D eigenvalue weighted by molar-refractivity contribution is 5.83. The van der Waals surface area contributed by atoms with Crippen molar-refractivity contribution in [3.8, 4) is 0 Å². The number of rotatable bonds is 5. The topological polar surface area (TPSA) is 91.1 Å². The monoisotopic (exact) mass is 325 g/mol. The third-order valence-electron chi connectivity index (χ3n) is 3.70. The fourth-order valence-corrected chi connectivity index (χ4v) is 2.17. The second-order valence-electron chi connectivity index (χ2n) is 5.45. The maximum absolute atomic E-state index is 11.9. The molecule has 1 atom stereocenters. The summed E-state index contributed by atoms with van der Waals surface area (Å²) in [6.07, 6.45) is 0.181. The molecule has 24 heavy (non-hydrogen) atoms. The summed E-state index contributed by atoms with van der Waals surface area (Å²) in [4.78, 5) is 23.2. The van der Waals surface area contributed by atoms with Gasteiger partial charge in [-0.1, -0.05) is 47.6 Å². The number of benzene rings is 2. The van der Waals surface area contributed by atoms with Crippen LogP contribution in [0.3, 0.4) is 0 Å². The molecule has 0 saturated heterocycles. The van der Waals surface area contributed by atoms with E-state index >= 15 is 0 Å². The van der Waals surface area contributed by atoms with Crippen molar-refractivity contribution in [2.75, 3.05) is 0 Å². The Morgan fingerprint density at radius 3 is 2.46 bits per heavy atom. The van der Waals surface area contributed by atoms with Crippen molar-refractivity contribution in [3.05, 3.63) is 65.2 Å². The molecule has 2 rings (SSSR count). The third kappa shape index (κ3) is 4.74. The molecule has 124 valence electrons. The van der Waals surface area contributed by atoms with Gasteiger partial charge < -0.3 is 10.4 Å². The van der Waals surface area contributed by atoms with Gasteiger partial charge in [0.1, 0.15) is 6.04 Å². The lowest BCUT2D eigenvalue weighted by atomic mass is 10.1. The molecule has 0 saturated carbocycles. The maximum atomic E-state index is 11.9. The standard InChI is InChI=1S/C18H19N3O3/c1-12-7-6-10-15(13(12)2)20-21-18(24)19-16(17(22)23)11-14-8-4-3-5-9-14/h3-10,16H,11H2,1-2H3,(H,19,24)(H,22,23). The first-order valence-corrected chi connectivity index (χ1v) is 7.52. The molecule has 2 aromatic rings. The van der Waals surface area contributed by atoms with Gasteiger partial charge in [-0.25, -0.2) is 9.59 Å². The van der Waals surface area contributed by atoms with Crippen molar-refractivity contribution < 1.29 is 14.7 Å². The average Bonchev–Trinajstić information content (AvgIpc) is 2.56. The highest BCUT2D eigenvalue weighted by atomic mass is 16.4. The van der Waals surface area contributed by atoms with Crippen LogP contribution in [0.1, 0.15) is 16.7 Å². The van der Waals surface area contributed by atoms with E-state index in [0.29, 0.717) is 5.69 Å². The van der Waals surface area contributed by atoms with E-state index in [9.17, 15) is 14.7 Å². The summed E-state index contributed by atoms with van der Waals surface area (Å²) in [5.74, 6) is -1.12. The highest BCUT2D eigenvalue weighted by Crippen LogP contribution is 2.21. The Morgan fingerprint density at radius 1 is 1.08 bits per heavy atom. The Morgan fingerprint density at radius 2 is 1.79 bits per heavy atom. The van der Waals surface area contributed by atoms with Gasteiger partial charge in [0.15, 0.2) is 0 Å². The van der Waals surface area contributed by atoms with Gasteiger partial charge in [0.2, 0.25) is 0 Å². The molecule has 0 aliphatic heterocycles. The summed E-state index contributed by atoms with van der Waals surface area (Å²) in [5, 5.41) is 19.1. The van der Waals surface area contributed by atoms with Gasteiger partial charge in [-0.2, -0.15) is 0 Å². The first-order valence-electron chi connectivity index (χ1n) is 7.52. The fraction of sp³-hybridized carbons (Fsp3) is 0.222. The van der Waals surface area contributed by atoms with E-state index in [4.69, 9.17) is 0 Å². The lowest BCUT2D eigenvalue weighted by molar-refractivity contribution is -0.139. The van der Waals surface area contributed by atoms with Crippen LogP contribution in [0.4, 0.5) is 10.5 Å². The summed E-state index contributed by atoms with van der Waals surface area (Å²) >= 11 is 0. The first-order chi connectivity index (χ1) is 11.5. The van der Waals surface area contributed by atoms with E-state index in [1.807, 2.05) is 44.2 Å². The van der Waals surface area contributed by atoms with Crippen LogP contribution >= 0.6 is 0 Å². The molecule has 0 aromatic heterocycles. The molecular formula is C18H19N3O3. The second kappa shape index (κ2) is 8.01. The van der Waals surface area contributed by atoms with Crippen LogP contribution in [0.25, 0.3) is 0 Å². The van der Waals surface area contributed by atoms with Crippen LogP contribution in [0.15, 0.2) is 58.8 Å². The van der Waals surface area contributed by atoms with Crippen LogP contribution in [0.2, 0.25) is 0 Å². The average molecular weight is 325 g/mol. The minimum atomic E-state index is -1.12. The molecule has 0 aliphatic carbocycles. The number of hydrogen-bond donors (Lipinski definition) is 2. The van der Waals surface area contributed by atoms with Gasteiger partial charge in [-0.15, -0.1) is 5.11 Å². The van der Waals surface area contributed by atoms with Crippen LogP contribution in [0, 0.1) is 13.8 Å². The smallest absolute Gasteiger partial charge is 0.360 e. The summed E-state index contributed by atoms with van der Waals surface area (Å²) in [6, 6.07) is 12.8. The number of carboxylic acids is 1. The van der Waals surface area contributed by atoms with Crippen molar-refractivity contribution >= 4 is 17.7 Å². The zero-order valence-electron chi connectivity index (χ0n) is 13.6. The van der Waals surface area contributed by atoms with E-state index in [1.54, 1.807) is 18.2 Å². The molecule has 0 spiro atoms. The van der Waals surface area contributed by atoms with Gasteiger partial charge in [0, 0.05) is 6.42 Å². The predicted octanol–water partition coefficient (Wildman–Crippen LogP) is 3.79. The number of carbonyl (C=O) groups excluding carboxylic acids is 1. The van der Waals surface area contributed by atoms with Crippen molar-refractivity contribution in [1.29, 1.82) is 0 Å². The number of nitrogens with zero attached hydrogens (tertiary/aromatic N) is 2. The molecular weight excluding hydrogens is 306 g/mol. The lowest BCUT2D eigenvalue weighted by Crippen LogP contribution is -2.40. The minimum absolute atomic E-state index is 0.181. The summed E-state index contributed by atoms with van der Waals surface area (Å²) in [6.45, 7) is 3.83. The van der Waals surface area contributed by atoms with E-state index in [0.717, 1.165) is 16.7 Å². The molecule has 2 aromatic carbocycles. The number of amides is 2. The highest BCUT2D eigenvalue weighted by Gasteiger charge is 2.20. The predicted molar refractivity (Wildman–Crippen MR) is 90.5 cm³/mol. The molecule has 2 N–H and O–H groups in total. The SMILES string of the molecule is Cc1cccc(N=NC(=O)NC(Cc2ccccc2)C(=O)O)c1C. The van der Waals surface area contributed by atoms with Crippen LogP contribution < -0.4 is 5.32 Å². The molecule has 0 aliphatic rings. The van der Waals surface area contributed by atoms with Gasteiger partial charge in [0.05, 0.1) is 5.69 Å². The molecule has 1 unspecified atom stereocenters. The number of carbonyl (C=O) groups is 2. The number of urea groups is 1. The van der Waals surface area contributed by atoms with Gasteiger partial charge in [-0.3, -0.25) is 0 Å². The molecule has 6 heteroatoms. The van der Waals surface area contributed by atoms with Crippen molar-refractivity contribution in [3.63, 3.8) is 0 Å². The van der Waals surface area contributed by atoms with Gasteiger partial charge in [0.25, 0.3) is 0 Å². The van der Waals surface area contributed by atoms with E-state index < -0.39 is 18.0 Å². The van der Waals surface area contributed by atoms with E-state index in [-0.39, 0.29) is 6.42 Å². The number of nitrogens with one attached hydrogen (secondary N) is 1. The van der Waals surface area contributed by atoms with Crippen LogP contribution in [-0.4, -0.2) is 23.1 Å². The summed E-state index contributed by atoms with van der Waals surface area (Å²) in [5.41, 5.74) is 3.37. The number of azo groups is 1. The van der Waals surface area contributed by atoms with Crippen molar-refractivity contribution in [2.24, 2.45) is 10.2 Å². The first kappa shape index (κ1) is 17.3. The molecule has 0 fully saturated rings. The summed E-state index contributed by atoms with van der Waals surface area (Å²) < 4.78 is 0. The molecule has 0 heterocycles. The normalized spacial score (nSPS) is 12.1. The Balaban J connectivity index is 2.04. The molecule has 0 bridgehead atoms. The molecule has 0 radical (unpaired) electrons. The van der Waals surface area contributed by atoms with Crippen LogP contribution in [-0.2, 0) is 11.2 Å². The molecule has 2 amide bonds.